The van der Waals surface area contributed by atoms with Crippen molar-refractivity contribution in [3.05, 3.63) is 0 Å². The van der Waals surface area contributed by atoms with Gasteiger partial charge in [0, 0.05) is 6.42 Å². The van der Waals surface area contributed by atoms with Crippen molar-refractivity contribution in [2.45, 2.75) is 6.42 Å². The summed E-state index contributed by atoms with van der Waals surface area (Å²) in [6.45, 7) is 0.323. The number of aldehydes is 1. The third kappa shape index (κ3) is 3.59. The standard InChI is InChI=1S/C3H7NO2/c4-6-3-1-2-5/h2H,1,3-4H2. The minimum atomic E-state index is 0.323. The largest absolute Gasteiger partial charge is 0.304 e. The second-order valence-corrected chi connectivity index (χ2v) is 0.826. The lowest BCUT2D eigenvalue weighted by molar-refractivity contribution is -0.108. The van der Waals surface area contributed by atoms with Crippen molar-refractivity contribution in [1.82, 2.24) is 0 Å². The van der Waals surface area contributed by atoms with E-state index in [-0.39, 0.29) is 0 Å². The van der Waals surface area contributed by atoms with E-state index in [2.05, 4.69) is 10.7 Å². The minimum absolute atomic E-state index is 0.323. The first kappa shape index (κ1) is 5.59. The van der Waals surface area contributed by atoms with Crippen LogP contribution in [0.1, 0.15) is 6.42 Å². The molecule has 0 aromatic heterocycles. The van der Waals surface area contributed by atoms with E-state index < -0.39 is 0 Å². The highest BCUT2D eigenvalue weighted by molar-refractivity contribution is 5.49. The van der Waals surface area contributed by atoms with Gasteiger partial charge >= 0.3 is 0 Å². The van der Waals surface area contributed by atoms with Crippen LogP contribution in [0.5, 0.6) is 0 Å². The second-order valence-electron chi connectivity index (χ2n) is 0.826. The van der Waals surface area contributed by atoms with Gasteiger partial charge in [-0.3, -0.25) is 0 Å². The summed E-state index contributed by atoms with van der Waals surface area (Å²) in [6.07, 6.45) is 1.14. The minimum Gasteiger partial charge on any atom is -0.304 e. The van der Waals surface area contributed by atoms with E-state index >= 15 is 0 Å². The van der Waals surface area contributed by atoms with Gasteiger partial charge in [-0.1, -0.05) is 0 Å². The van der Waals surface area contributed by atoms with Crippen LogP contribution in [0, 0.1) is 0 Å². The molecule has 6 heavy (non-hydrogen) atoms. The molecule has 0 spiro atoms. The lowest BCUT2D eigenvalue weighted by Crippen LogP contribution is -2.00. The smallest absolute Gasteiger partial charge is 0.122 e. The molecule has 0 aliphatic heterocycles. The van der Waals surface area contributed by atoms with E-state index in [9.17, 15) is 4.79 Å². The molecule has 0 radical (unpaired) electrons. The summed E-state index contributed by atoms with van der Waals surface area (Å²) in [5.41, 5.74) is 0. The average Bonchev–Trinajstić information content (AvgIpc) is 1.61. The molecular weight excluding hydrogens is 82.0 g/mol. The van der Waals surface area contributed by atoms with Gasteiger partial charge in [0.1, 0.15) is 6.29 Å². The lowest BCUT2D eigenvalue weighted by atomic mass is 10.5. The Bertz CT molecular complexity index is 37.8. The molecule has 0 fully saturated rings. The molecule has 3 nitrogen and oxygen atoms in total. The number of nitrogens with two attached hydrogens (primary N) is 1. The van der Waals surface area contributed by atoms with E-state index in [1.807, 2.05) is 0 Å². The first-order valence-corrected chi connectivity index (χ1v) is 1.67. The molecule has 0 saturated heterocycles. The number of carbonyl (C=O) groups excluding carboxylic acids is 1. The molecule has 0 atom stereocenters. The van der Waals surface area contributed by atoms with Gasteiger partial charge < -0.3 is 9.63 Å². The Kier molecular flexibility index (Phi) is 4.28. The molecule has 0 saturated carbocycles. The number of hydrogen-bond acceptors (Lipinski definition) is 3. The topological polar surface area (TPSA) is 52.3 Å². The van der Waals surface area contributed by atoms with Crippen LogP contribution in [0.3, 0.4) is 0 Å². The highest BCUT2D eigenvalue weighted by Crippen LogP contribution is 1.65. The SMILES string of the molecule is NOCCC=O. The Morgan fingerprint density at radius 3 is 2.67 bits per heavy atom. The molecule has 0 unspecified atom stereocenters. The summed E-state index contributed by atoms with van der Waals surface area (Å²) in [4.78, 5) is 13.5. The van der Waals surface area contributed by atoms with Crippen LogP contribution in [0.25, 0.3) is 0 Å². The Morgan fingerprint density at radius 2 is 2.50 bits per heavy atom. The zero-order valence-electron chi connectivity index (χ0n) is 3.39. The number of carbonyl (C=O) groups is 1. The van der Waals surface area contributed by atoms with Gasteiger partial charge in [-0.15, -0.1) is 0 Å². The Labute approximate surface area is 36.0 Å². The van der Waals surface area contributed by atoms with Crippen LogP contribution in [-0.4, -0.2) is 12.9 Å². The Morgan fingerprint density at radius 1 is 1.83 bits per heavy atom. The summed E-state index contributed by atoms with van der Waals surface area (Å²) in [5.74, 6) is 4.56. The normalized spacial score (nSPS) is 8.17. The summed E-state index contributed by atoms with van der Waals surface area (Å²) < 4.78 is 0. The molecular formula is C3H7NO2. The van der Waals surface area contributed by atoms with Crippen molar-refractivity contribution in [1.29, 1.82) is 0 Å². The number of hydrogen-bond donors (Lipinski definition) is 1. The maximum atomic E-state index is 9.43. The molecule has 0 rings (SSSR count). The monoisotopic (exact) mass is 89.0 g/mol. The van der Waals surface area contributed by atoms with E-state index in [4.69, 9.17) is 0 Å². The van der Waals surface area contributed by atoms with Crippen LogP contribution in [0.15, 0.2) is 0 Å². The van der Waals surface area contributed by atoms with Crippen LogP contribution in [0.2, 0.25) is 0 Å². The zero-order valence-corrected chi connectivity index (χ0v) is 3.39. The van der Waals surface area contributed by atoms with Gasteiger partial charge in [-0.05, 0) is 0 Å². The van der Waals surface area contributed by atoms with E-state index in [1.165, 1.54) is 0 Å². The Balaban J connectivity index is 2.49. The van der Waals surface area contributed by atoms with Crippen LogP contribution < -0.4 is 5.90 Å². The molecule has 0 amide bonds. The van der Waals surface area contributed by atoms with E-state index in [0.29, 0.717) is 13.0 Å². The molecule has 0 heterocycles. The first-order chi connectivity index (χ1) is 2.91. The molecule has 0 aromatic carbocycles. The van der Waals surface area contributed by atoms with Crippen LogP contribution in [-0.2, 0) is 9.63 Å². The predicted octanol–water partition coefficient (Wildman–Crippen LogP) is -0.534. The maximum absolute atomic E-state index is 9.43. The summed E-state index contributed by atoms with van der Waals surface area (Å²) in [6, 6.07) is 0. The fourth-order valence-electron chi connectivity index (χ4n) is 0.116. The average molecular weight is 89.1 g/mol. The Hall–Kier alpha value is -0.410. The fourth-order valence-corrected chi connectivity index (χ4v) is 0.116. The van der Waals surface area contributed by atoms with Crippen molar-refractivity contribution in [2.75, 3.05) is 6.61 Å². The van der Waals surface area contributed by atoms with Gasteiger partial charge in [0.05, 0.1) is 6.61 Å². The van der Waals surface area contributed by atoms with Gasteiger partial charge in [0.15, 0.2) is 0 Å². The van der Waals surface area contributed by atoms with Gasteiger partial charge in [0.25, 0.3) is 0 Å². The van der Waals surface area contributed by atoms with Crippen molar-refractivity contribution >= 4 is 6.29 Å². The first-order valence-electron chi connectivity index (χ1n) is 1.67. The van der Waals surface area contributed by atoms with Crippen LogP contribution >= 0.6 is 0 Å². The highest BCUT2D eigenvalue weighted by atomic mass is 16.6. The molecule has 0 aromatic rings. The van der Waals surface area contributed by atoms with Gasteiger partial charge in [-0.2, -0.15) is 0 Å². The van der Waals surface area contributed by atoms with Crippen molar-refractivity contribution < 1.29 is 9.63 Å². The molecule has 0 aliphatic rings. The second kappa shape index (κ2) is 4.59. The molecule has 36 valence electrons. The maximum Gasteiger partial charge on any atom is 0.122 e. The lowest BCUT2D eigenvalue weighted by Gasteiger charge is -1.83. The highest BCUT2D eigenvalue weighted by Gasteiger charge is 1.74. The summed E-state index contributed by atoms with van der Waals surface area (Å²) in [7, 11) is 0. The molecule has 2 N–H and O–H groups in total. The third-order valence-corrected chi connectivity index (χ3v) is 0.354. The quantitative estimate of drug-likeness (QED) is 0.287. The number of rotatable bonds is 3. The molecule has 3 heteroatoms. The van der Waals surface area contributed by atoms with E-state index in [1.54, 1.807) is 0 Å². The fraction of sp³-hybridized carbons (Fsp3) is 0.667. The summed E-state index contributed by atoms with van der Waals surface area (Å²) in [5, 5.41) is 0. The van der Waals surface area contributed by atoms with Gasteiger partial charge in [-0.25, -0.2) is 5.90 Å². The molecule has 0 aliphatic carbocycles. The van der Waals surface area contributed by atoms with Gasteiger partial charge in [0.2, 0.25) is 0 Å². The van der Waals surface area contributed by atoms with Crippen molar-refractivity contribution in [3.8, 4) is 0 Å². The van der Waals surface area contributed by atoms with Crippen LogP contribution in [0.4, 0.5) is 0 Å². The predicted molar refractivity (Wildman–Crippen MR) is 20.8 cm³/mol. The van der Waals surface area contributed by atoms with E-state index in [0.717, 1.165) is 6.29 Å². The van der Waals surface area contributed by atoms with Crippen molar-refractivity contribution in [2.24, 2.45) is 5.90 Å². The van der Waals surface area contributed by atoms with Crippen molar-refractivity contribution in [3.63, 3.8) is 0 Å². The third-order valence-electron chi connectivity index (χ3n) is 0.354. The zero-order chi connectivity index (χ0) is 4.83. The molecule has 0 bridgehead atoms. The summed E-state index contributed by atoms with van der Waals surface area (Å²) >= 11 is 0.